The summed E-state index contributed by atoms with van der Waals surface area (Å²) in [7, 11) is 2.02. The maximum Gasteiger partial charge on any atom is 0.347 e. The van der Waals surface area contributed by atoms with Crippen LogP contribution in [0.25, 0.3) is 38.2 Å². The Bertz CT molecular complexity index is 1380. The van der Waals surface area contributed by atoms with Crippen LogP contribution in [-0.2, 0) is 7.05 Å². The second-order valence-corrected chi connectivity index (χ2v) is 6.76. The molecule has 3 aromatic carbocycles. The Kier molecular flexibility index (Phi) is 3.02. The zero-order chi connectivity index (χ0) is 18.0. The third-order valence-electron chi connectivity index (χ3n) is 5.32. The third kappa shape index (κ3) is 1.79. The van der Waals surface area contributed by atoms with Gasteiger partial charge in [0.05, 0.1) is 24.4 Å². The van der Waals surface area contributed by atoms with Gasteiger partial charge in [-0.05, 0) is 49.1 Å². The van der Waals surface area contributed by atoms with Crippen LogP contribution in [0.4, 0.5) is 0 Å². The first kappa shape index (κ1) is 15.1. The first-order valence-corrected chi connectivity index (χ1v) is 8.86. The number of hydrogen-bond acceptors (Lipinski definition) is 2. The summed E-state index contributed by atoms with van der Waals surface area (Å²) in [5.41, 5.74) is 4.01. The lowest BCUT2D eigenvalue weighted by molar-refractivity contribution is -0.617. The van der Waals surface area contributed by atoms with E-state index in [-0.39, 0.29) is 5.56 Å². The fourth-order valence-corrected chi connectivity index (χ4v) is 4.14. The van der Waals surface area contributed by atoms with Crippen LogP contribution >= 0.6 is 0 Å². The number of hydrogen-bond donors (Lipinski definition) is 0. The maximum absolute atomic E-state index is 13.4. The van der Waals surface area contributed by atoms with E-state index in [1.807, 2.05) is 48.7 Å². The Balaban J connectivity index is 2.11. The van der Waals surface area contributed by atoms with Gasteiger partial charge in [-0.3, -0.25) is 0 Å². The van der Waals surface area contributed by atoms with Crippen molar-refractivity contribution in [2.75, 3.05) is 6.61 Å². The monoisotopic (exact) mass is 343 g/mol. The van der Waals surface area contributed by atoms with E-state index in [2.05, 4.69) is 29.7 Å². The number of rotatable bonds is 2. The molecule has 0 unspecified atom stereocenters. The molecular weight excluding hydrogens is 324 g/mol. The summed E-state index contributed by atoms with van der Waals surface area (Å²) in [5.74, 6) is 0.779. The van der Waals surface area contributed by atoms with E-state index in [0.717, 1.165) is 44.0 Å². The summed E-state index contributed by atoms with van der Waals surface area (Å²) in [4.78, 5) is 13.4. The van der Waals surface area contributed by atoms with Gasteiger partial charge < -0.3 is 4.74 Å². The molecule has 0 N–H and O–H groups in total. The molecule has 26 heavy (non-hydrogen) atoms. The van der Waals surface area contributed by atoms with Gasteiger partial charge in [0.15, 0.2) is 11.0 Å². The van der Waals surface area contributed by atoms with Gasteiger partial charge in [0.25, 0.3) is 5.65 Å². The Labute approximate surface area is 150 Å². The lowest BCUT2D eigenvalue weighted by Gasteiger charge is -2.06. The van der Waals surface area contributed by atoms with Crippen LogP contribution in [0.15, 0.2) is 53.3 Å². The van der Waals surface area contributed by atoms with Gasteiger partial charge in [0, 0.05) is 11.5 Å². The molecule has 5 rings (SSSR count). The molecule has 0 aliphatic rings. The minimum atomic E-state index is 0.0166. The molecule has 0 aliphatic carbocycles. The lowest BCUT2D eigenvalue weighted by Crippen LogP contribution is -2.29. The molecule has 5 aromatic rings. The van der Waals surface area contributed by atoms with E-state index in [9.17, 15) is 4.79 Å². The molecule has 4 nitrogen and oxygen atoms in total. The Morgan fingerprint density at radius 3 is 2.65 bits per heavy atom. The van der Waals surface area contributed by atoms with Gasteiger partial charge in [0.1, 0.15) is 5.75 Å². The predicted molar refractivity (Wildman–Crippen MR) is 104 cm³/mol. The summed E-state index contributed by atoms with van der Waals surface area (Å²) in [6.45, 7) is 4.65. The highest BCUT2D eigenvalue weighted by Gasteiger charge is 2.25. The highest BCUT2D eigenvalue weighted by atomic mass is 16.5. The highest BCUT2D eigenvalue weighted by molar-refractivity contribution is 6.15. The van der Waals surface area contributed by atoms with Gasteiger partial charge in [-0.2, -0.15) is 4.40 Å². The van der Waals surface area contributed by atoms with Crippen molar-refractivity contribution in [1.82, 2.24) is 4.40 Å². The van der Waals surface area contributed by atoms with Gasteiger partial charge in [0.2, 0.25) is 0 Å². The molecule has 0 bridgehead atoms. The summed E-state index contributed by atoms with van der Waals surface area (Å²) in [5, 5.41) is 4.04. The number of ether oxygens (including phenoxy) is 1. The fourth-order valence-electron chi connectivity index (χ4n) is 4.14. The average Bonchev–Trinajstić information content (AvgIpc) is 2.94. The predicted octanol–water partition coefficient (Wildman–Crippen LogP) is 3.73. The molecule has 0 saturated heterocycles. The molecule has 2 heterocycles. The Morgan fingerprint density at radius 2 is 1.85 bits per heavy atom. The molecule has 0 aliphatic heterocycles. The van der Waals surface area contributed by atoms with Crippen LogP contribution in [0.3, 0.4) is 0 Å². The summed E-state index contributed by atoms with van der Waals surface area (Å²) < 4.78 is 9.58. The molecule has 0 spiro atoms. The minimum absolute atomic E-state index is 0.0166. The molecule has 128 valence electrons. The number of nitrogens with zero attached hydrogens (tertiary/aromatic N) is 2. The van der Waals surface area contributed by atoms with Crippen molar-refractivity contribution in [2.45, 2.75) is 13.8 Å². The van der Waals surface area contributed by atoms with E-state index < -0.39 is 0 Å². The van der Waals surface area contributed by atoms with Crippen LogP contribution in [0.5, 0.6) is 5.75 Å². The number of aryl methyl sites for hydroxylation is 2. The fraction of sp³-hybridized carbons (Fsp3) is 0.182. The second-order valence-electron chi connectivity index (χ2n) is 6.76. The maximum atomic E-state index is 13.4. The van der Waals surface area contributed by atoms with Gasteiger partial charge in [-0.25, -0.2) is 9.36 Å². The van der Waals surface area contributed by atoms with Crippen molar-refractivity contribution in [3.63, 3.8) is 0 Å². The van der Waals surface area contributed by atoms with E-state index in [4.69, 9.17) is 4.74 Å². The molecule has 0 atom stereocenters. The van der Waals surface area contributed by atoms with Crippen LogP contribution < -0.4 is 14.9 Å². The Morgan fingerprint density at radius 1 is 1.04 bits per heavy atom. The number of imidazole rings is 1. The zero-order valence-electron chi connectivity index (χ0n) is 15.0. The van der Waals surface area contributed by atoms with Crippen molar-refractivity contribution in [3.8, 4) is 5.75 Å². The molecule has 2 aromatic heterocycles. The standard InChI is InChI=1S/C22H19N2O2/c1-4-26-14-9-11-18-19(12-14)24-21(23(18)3)16-7-5-6-15-13(2)8-10-17(20(15)16)22(24)25/h5-12H,4H2,1-3H3/q+1. The van der Waals surface area contributed by atoms with E-state index in [1.54, 1.807) is 0 Å². The van der Waals surface area contributed by atoms with Crippen molar-refractivity contribution in [3.05, 3.63) is 64.4 Å². The van der Waals surface area contributed by atoms with E-state index in [1.165, 1.54) is 5.56 Å². The summed E-state index contributed by atoms with van der Waals surface area (Å²) in [6, 6.07) is 16.2. The van der Waals surface area contributed by atoms with E-state index >= 15 is 0 Å². The van der Waals surface area contributed by atoms with Crippen molar-refractivity contribution in [1.29, 1.82) is 0 Å². The highest BCUT2D eigenvalue weighted by Crippen LogP contribution is 2.31. The quantitative estimate of drug-likeness (QED) is 0.458. The van der Waals surface area contributed by atoms with Crippen LogP contribution in [-0.4, -0.2) is 11.0 Å². The van der Waals surface area contributed by atoms with Gasteiger partial charge in [-0.15, -0.1) is 0 Å². The number of aromatic nitrogens is 2. The molecular formula is C22H19N2O2+. The van der Waals surface area contributed by atoms with Gasteiger partial charge in [-0.1, -0.05) is 18.2 Å². The second kappa shape index (κ2) is 5.18. The molecule has 0 radical (unpaired) electrons. The summed E-state index contributed by atoms with van der Waals surface area (Å²) in [6.07, 6.45) is 0. The molecule has 0 fully saturated rings. The van der Waals surface area contributed by atoms with Crippen LogP contribution in [0.1, 0.15) is 12.5 Å². The first-order valence-electron chi connectivity index (χ1n) is 8.86. The van der Waals surface area contributed by atoms with Crippen LogP contribution in [0.2, 0.25) is 0 Å². The Hall–Kier alpha value is -3.14. The number of pyridine rings is 1. The molecule has 0 saturated carbocycles. The lowest BCUT2D eigenvalue weighted by atomic mass is 9.99. The minimum Gasteiger partial charge on any atom is -0.494 e. The number of benzene rings is 3. The SMILES string of the molecule is CCOc1ccc2c(c1)n1c(=O)c3ccc(C)c4cccc(c43)c1[n+]2C. The third-order valence-corrected chi connectivity index (χ3v) is 5.32. The summed E-state index contributed by atoms with van der Waals surface area (Å²) >= 11 is 0. The van der Waals surface area contributed by atoms with Gasteiger partial charge >= 0.3 is 5.56 Å². The zero-order valence-corrected chi connectivity index (χ0v) is 15.0. The largest absolute Gasteiger partial charge is 0.494 e. The van der Waals surface area contributed by atoms with Crippen LogP contribution in [0, 0.1) is 6.92 Å². The smallest absolute Gasteiger partial charge is 0.347 e. The normalized spacial score (nSPS) is 12.0. The topological polar surface area (TPSA) is 34.6 Å². The molecule has 4 heteroatoms. The first-order chi connectivity index (χ1) is 12.6. The van der Waals surface area contributed by atoms with E-state index in [0.29, 0.717) is 6.61 Å². The average molecular weight is 343 g/mol. The van der Waals surface area contributed by atoms with Crippen molar-refractivity contribution < 1.29 is 9.30 Å². The van der Waals surface area contributed by atoms with Crippen molar-refractivity contribution in [2.24, 2.45) is 7.05 Å². The van der Waals surface area contributed by atoms with Crippen molar-refractivity contribution >= 4 is 38.2 Å². The molecule has 0 amide bonds. The number of fused-ring (bicyclic) bond motifs is 4.